The summed E-state index contributed by atoms with van der Waals surface area (Å²) in [6.07, 6.45) is 1.86. The van der Waals surface area contributed by atoms with Crippen molar-refractivity contribution in [1.82, 2.24) is 15.1 Å². The van der Waals surface area contributed by atoms with Gasteiger partial charge in [-0.1, -0.05) is 24.3 Å². The molecule has 174 valence electrons. The van der Waals surface area contributed by atoms with E-state index in [1.165, 1.54) is 11.1 Å². The van der Waals surface area contributed by atoms with E-state index in [-0.39, 0.29) is 35.9 Å². The summed E-state index contributed by atoms with van der Waals surface area (Å²) in [6.45, 7) is 11.9. The van der Waals surface area contributed by atoms with Gasteiger partial charge in [-0.05, 0) is 37.8 Å². The van der Waals surface area contributed by atoms with Crippen LogP contribution in [0.4, 0.5) is 0 Å². The summed E-state index contributed by atoms with van der Waals surface area (Å²) in [5, 5.41) is 3.41. The summed E-state index contributed by atoms with van der Waals surface area (Å²) in [4.78, 5) is 21.8. The molecule has 8 heteroatoms. The number of carbonyl (C=O) groups is 1. The Morgan fingerprint density at radius 2 is 1.94 bits per heavy atom. The van der Waals surface area contributed by atoms with Gasteiger partial charge in [0.2, 0.25) is 0 Å². The summed E-state index contributed by atoms with van der Waals surface area (Å²) in [5.74, 6) is 0.720. The molecule has 1 unspecified atom stereocenters. The summed E-state index contributed by atoms with van der Waals surface area (Å²) in [6, 6.07) is 8.55. The van der Waals surface area contributed by atoms with Crippen LogP contribution in [-0.4, -0.2) is 74.3 Å². The van der Waals surface area contributed by atoms with Crippen LogP contribution in [0.3, 0.4) is 0 Å². The summed E-state index contributed by atoms with van der Waals surface area (Å²) in [7, 11) is 0. The molecule has 7 nitrogen and oxygen atoms in total. The smallest absolute Gasteiger partial charge is 0.310 e. The molecule has 1 aromatic rings. The van der Waals surface area contributed by atoms with E-state index in [0.29, 0.717) is 19.7 Å². The van der Waals surface area contributed by atoms with E-state index in [0.717, 1.165) is 64.7 Å². The van der Waals surface area contributed by atoms with Gasteiger partial charge in [-0.15, -0.1) is 24.0 Å². The SMILES string of the molecule is CCNC(=NCc1ccccc1CN1CCOCC1)N1CCCC(C(=O)OCC)C1.I. The zero-order valence-corrected chi connectivity index (χ0v) is 21.2. The number of ether oxygens (including phenoxy) is 2. The number of hydrogen-bond donors (Lipinski definition) is 1. The van der Waals surface area contributed by atoms with Crippen LogP contribution in [-0.2, 0) is 27.4 Å². The lowest BCUT2D eigenvalue weighted by atomic mass is 9.98. The summed E-state index contributed by atoms with van der Waals surface area (Å²) < 4.78 is 10.7. The molecule has 2 aliphatic heterocycles. The topological polar surface area (TPSA) is 66.4 Å². The fraction of sp³-hybridized carbons (Fsp3) is 0.652. The average Bonchev–Trinajstić information content (AvgIpc) is 2.78. The molecular weight excluding hydrogens is 507 g/mol. The molecule has 1 aromatic carbocycles. The number of esters is 1. The largest absolute Gasteiger partial charge is 0.466 e. The van der Waals surface area contributed by atoms with Crippen molar-refractivity contribution in [3.8, 4) is 0 Å². The molecule has 0 radical (unpaired) electrons. The number of hydrogen-bond acceptors (Lipinski definition) is 5. The number of carbonyl (C=O) groups excluding carboxylic acids is 1. The molecule has 2 fully saturated rings. The van der Waals surface area contributed by atoms with Gasteiger partial charge in [0, 0.05) is 39.3 Å². The highest BCUT2D eigenvalue weighted by Crippen LogP contribution is 2.19. The van der Waals surface area contributed by atoms with Crippen LogP contribution in [0, 0.1) is 5.92 Å². The van der Waals surface area contributed by atoms with Gasteiger partial charge < -0.3 is 19.7 Å². The lowest BCUT2D eigenvalue weighted by Gasteiger charge is -2.34. The van der Waals surface area contributed by atoms with Crippen molar-refractivity contribution in [1.29, 1.82) is 0 Å². The molecule has 31 heavy (non-hydrogen) atoms. The van der Waals surface area contributed by atoms with Gasteiger partial charge in [-0.3, -0.25) is 9.69 Å². The molecule has 2 saturated heterocycles. The fourth-order valence-corrected chi connectivity index (χ4v) is 4.07. The predicted octanol–water partition coefficient (Wildman–Crippen LogP) is 2.88. The summed E-state index contributed by atoms with van der Waals surface area (Å²) >= 11 is 0. The Kier molecular flexibility index (Phi) is 11.6. The second-order valence-corrected chi connectivity index (χ2v) is 7.86. The first-order valence-corrected chi connectivity index (χ1v) is 11.3. The van der Waals surface area contributed by atoms with Crippen molar-refractivity contribution in [2.24, 2.45) is 10.9 Å². The highest BCUT2D eigenvalue weighted by Gasteiger charge is 2.28. The zero-order valence-electron chi connectivity index (χ0n) is 18.8. The van der Waals surface area contributed by atoms with E-state index in [9.17, 15) is 4.79 Å². The van der Waals surface area contributed by atoms with Crippen LogP contribution in [0.5, 0.6) is 0 Å². The van der Waals surface area contributed by atoms with Crippen LogP contribution in [0.25, 0.3) is 0 Å². The van der Waals surface area contributed by atoms with Crippen LogP contribution in [0.15, 0.2) is 29.3 Å². The van der Waals surface area contributed by atoms with Crippen molar-refractivity contribution in [3.05, 3.63) is 35.4 Å². The molecule has 0 saturated carbocycles. The standard InChI is InChI=1S/C23H36N4O3.HI/c1-3-24-23(27-11-7-10-21(18-27)22(28)30-4-2)25-16-19-8-5-6-9-20(19)17-26-12-14-29-15-13-26;/h5-6,8-9,21H,3-4,7,10-18H2,1-2H3,(H,24,25);1H. The van der Waals surface area contributed by atoms with Gasteiger partial charge in [-0.2, -0.15) is 0 Å². The zero-order chi connectivity index (χ0) is 21.2. The van der Waals surface area contributed by atoms with E-state index < -0.39 is 0 Å². The first-order valence-electron chi connectivity index (χ1n) is 11.3. The Hall–Kier alpha value is -1.39. The number of benzene rings is 1. The van der Waals surface area contributed by atoms with E-state index in [2.05, 4.69) is 46.3 Å². The van der Waals surface area contributed by atoms with Crippen molar-refractivity contribution in [3.63, 3.8) is 0 Å². The Labute approximate surface area is 203 Å². The van der Waals surface area contributed by atoms with Gasteiger partial charge in [0.05, 0.1) is 32.3 Å². The second kappa shape index (κ2) is 13.9. The summed E-state index contributed by atoms with van der Waals surface area (Å²) in [5.41, 5.74) is 2.57. The van der Waals surface area contributed by atoms with Gasteiger partial charge in [0.25, 0.3) is 0 Å². The maximum atomic E-state index is 12.2. The van der Waals surface area contributed by atoms with Gasteiger partial charge in [0.15, 0.2) is 5.96 Å². The van der Waals surface area contributed by atoms with Crippen molar-refractivity contribution in [2.75, 3.05) is 52.5 Å². The van der Waals surface area contributed by atoms with Crippen LogP contribution < -0.4 is 5.32 Å². The third-order valence-electron chi connectivity index (χ3n) is 5.69. The first kappa shape index (κ1) is 25.9. The molecule has 0 amide bonds. The molecule has 3 rings (SSSR count). The third kappa shape index (κ3) is 7.91. The predicted molar refractivity (Wildman–Crippen MR) is 134 cm³/mol. The van der Waals surface area contributed by atoms with Crippen LogP contribution >= 0.6 is 24.0 Å². The minimum atomic E-state index is -0.0890. The number of likely N-dealkylation sites (tertiary alicyclic amines) is 1. The van der Waals surface area contributed by atoms with Gasteiger partial charge in [-0.25, -0.2) is 4.99 Å². The van der Waals surface area contributed by atoms with Gasteiger partial charge >= 0.3 is 5.97 Å². The lowest BCUT2D eigenvalue weighted by Crippen LogP contribution is -2.48. The normalized spacial score (nSPS) is 20.1. The molecule has 0 aromatic heterocycles. The molecule has 0 bridgehead atoms. The minimum Gasteiger partial charge on any atom is -0.466 e. The Morgan fingerprint density at radius 3 is 2.65 bits per heavy atom. The highest BCUT2D eigenvalue weighted by atomic mass is 127. The van der Waals surface area contributed by atoms with E-state index in [1.54, 1.807) is 0 Å². The number of halogens is 1. The van der Waals surface area contributed by atoms with Crippen molar-refractivity contribution < 1.29 is 14.3 Å². The highest BCUT2D eigenvalue weighted by molar-refractivity contribution is 14.0. The number of guanidine groups is 1. The number of nitrogens with zero attached hydrogens (tertiary/aromatic N) is 3. The van der Waals surface area contributed by atoms with Crippen molar-refractivity contribution >= 4 is 35.9 Å². The maximum Gasteiger partial charge on any atom is 0.310 e. The number of piperidine rings is 1. The Balaban J connectivity index is 0.00000341. The van der Waals surface area contributed by atoms with E-state index >= 15 is 0 Å². The monoisotopic (exact) mass is 544 g/mol. The Bertz CT molecular complexity index is 710. The van der Waals surface area contributed by atoms with Crippen LogP contribution in [0.2, 0.25) is 0 Å². The first-order chi connectivity index (χ1) is 14.7. The average molecular weight is 544 g/mol. The number of morpholine rings is 1. The molecule has 2 heterocycles. The number of rotatable bonds is 7. The van der Waals surface area contributed by atoms with Gasteiger partial charge in [0.1, 0.15) is 0 Å². The Morgan fingerprint density at radius 1 is 1.19 bits per heavy atom. The lowest BCUT2D eigenvalue weighted by molar-refractivity contribution is -0.149. The fourth-order valence-electron chi connectivity index (χ4n) is 4.07. The minimum absolute atomic E-state index is 0. The number of aliphatic imine (C=N–C) groups is 1. The molecular formula is C23H37IN4O3. The van der Waals surface area contributed by atoms with Crippen LogP contribution in [0.1, 0.15) is 37.8 Å². The van der Waals surface area contributed by atoms with Crippen molar-refractivity contribution in [2.45, 2.75) is 39.8 Å². The molecule has 0 aliphatic carbocycles. The molecule has 1 atom stereocenters. The number of nitrogens with one attached hydrogen (secondary N) is 1. The molecule has 2 aliphatic rings. The molecule has 0 spiro atoms. The van der Waals surface area contributed by atoms with E-state index in [4.69, 9.17) is 14.5 Å². The van der Waals surface area contributed by atoms with E-state index in [1.807, 2.05) is 6.92 Å². The second-order valence-electron chi connectivity index (χ2n) is 7.86. The third-order valence-corrected chi connectivity index (χ3v) is 5.69. The molecule has 1 N–H and O–H groups in total. The quantitative estimate of drug-likeness (QED) is 0.247. The maximum absolute atomic E-state index is 12.2.